The van der Waals surface area contributed by atoms with Crippen molar-refractivity contribution in [2.45, 2.75) is 45.1 Å². The first-order valence-corrected chi connectivity index (χ1v) is 14.7. The van der Waals surface area contributed by atoms with E-state index in [4.69, 9.17) is 36.8 Å². The van der Waals surface area contributed by atoms with E-state index in [1.165, 1.54) is 0 Å². The molecule has 0 spiro atoms. The van der Waals surface area contributed by atoms with Crippen LogP contribution >= 0.6 is 11.6 Å². The molecule has 44 heavy (non-hydrogen) atoms. The summed E-state index contributed by atoms with van der Waals surface area (Å²) in [4.78, 5) is 32.9. The van der Waals surface area contributed by atoms with Gasteiger partial charge in [-0.2, -0.15) is 0 Å². The lowest BCUT2D eigenvalue weighted by Crippen LogP contribution is -2.42. The molecule has 0 saturated heterocycles. The number of carboxylic acids is 3. The van der Waals surface area contributed by atoms with Crippen molar-refractivity contribution in [2.75, 3.05) is 26.2 Å². The molecule has 236 valence electrons. The Morgan fingerprint density at radius 3 is 1.66 bits per heavy atom. The zero-order valence-corrected chi connectivity index (χ0v) is 25.7. The van der Waals surface area contributed by atoms with Crippen molar-refractivity contribution >= 4 is 40.1 Å². The highest BCUT2D eigenvalue weighted by molar-refractivity contribution is 6.53. The molecule has 0 radical (unpaired) electrons. The number of hydrogen-bond donors (Lipinski definition) is 4. The number of carboxylic acid groups (broad SMARTS) is 3. The van der Waals surface area contributed by atoms with Crippen LogP contribution in [0.1, 0.15) is 56.2 Å². The number of halogens is 1. The summed E-state index contributed by atoms with van der Waals surface area (Å²) in [6.07, 6.45) is -0.0656. The van der Waals surface area contributed by atoms with Gasteiger partial charge in [-0.05, 0) is 61.3 Å². The first kappa shape index (κ1) is 36.0. The van der Waals surface area contributed by atoms with Crippen LogP contribution in [0.4, 0.5) is 0 Å². The summed E-state index contributed by atoms with van der Waals surface area (Å²) in [7, 11) is 0. The van der Waals surface area contributed by atoms with E-state index >= 15 is 0 Å². The van der Waals surface area contributed by atoms with Gasteiger partial charge in [-0.3, -0.25) is 9.59 Å². The lowest BCUT2D eigenvalue weighted by atomic mass is 9.95. The maximum Gasteiger partial charge on any atom is 0.336 e. The molecular formula is C34H40ClNO8. The highest BCUT2D eigenvalue weighted by Gasteiger charge is 2.40. The fraction of sp³-hybridized carbons (Fsp3) is 0.324. The Kier molecular flexibility index (Phi) is 15.1. The predicted molar refractivity (Wildman–Crippen MR) is 171 cm³/mol. The SMILES string of the molecule is CCN(CC)CCCCOc1ccc(/C(=C(\Cl)c2ccccc2)c2ccccc2)cc1.O=C(O)CC(O)(CC(=O)O)C(=O)O. The summed E-state index contributed by atoms with van der Waals surface area (Å²) in [5, 5.41) is 34.6. The number of carbonyl (C=O) groups is 3. The largest absolute Gasteiger partial charge is 0.494 e. The molecule has 0 heterocycles. The maximum absolute atomic E-state index is 10.3. The number of rotatable bonds is 16. The van der Waals surface area contributed by atoms with Crippen molar-refractivity contribution in [3.8, 4) is 5.75 Å². The second kappa shape index (κ2) is 18.5. The molecule has 0 fully saturated rings. The van der Waals surface area contributed by atoms with Gasteiger partial charge >= 0.3 is 17.9 Å². The fourth-order valence-electron chi connectivity index (χ4n) is 4.35. The van der Waals surface area contributed by atoms with Gasteiger partial charge in [0.2, 0.25) is 0 Å². The van der Waals surface area contributed by atoms with Crippen LogP contribution in [0.2, 0.25) is 0 Å². The molecule has 4 N–H and O–H groups in total. The molecule has 0 aliphatic heterocycles. The van der Waals surface area contributed by atoms with Crippen molar-refractivity contribution in [1.82, 2.24) is 4.90 Å². The number of aliphatic carboxylic acids is 3. The first-order valence-electron chi connectivity index (χ1n) is 14.4. The highest BCUT2D eigenvalue weighted by atomic mass is 35.5. The summed E-state index contributed by atoms with van der Waals surface area (Å²) in [5.74, 6) is -4.12. The number of unbranched alkanes of at least 4 members (excludes halogenated alkanes) is 1. The topological polar surface area (TPSA) is 145 Å². The Labute approximate surface area is 263 Å². The van der Waals surface area contributed by atoms with E-state index < -0.39 is 36.4 Å². The molecule has 0 saturated carbocycles. The molecule has 3 rings (SSSR count). The standard InChI is InChI=1S/C28H32ClNO.C6H8O7/c1-3-30(4-2)21-11-12-22-31-26-19-17-24(18-20-26)27(23-13-7-5-8-14-23)28(29)25-15-9-6-10-16-25;7-3(8)1-6(13,5(11)12)2-4(9)10/h5-10,13-20H,3-4,11-12,21-22H2,1-2H3;13H,1-2H2,(H,7,8)(H,9,10)(H,11,12)/b28-27-;. The lowest BCUT2D eigenvalue weighted by molar-refractivity contribution is -0.170. The van der Waals surface area contributed by atoms with Gasteiger partial charge in [-0.25, -0.2) is 4.79 Å². The molecule has 0 aliphatic rings. The molecule has 10 heteroatoms. The van der Waals surface area contributed by atoms with Crippen molar-refractivity contribution in [3.63, 3.8) is 0 Å². The Bertz CT molecular complexity index is 1340. The Morgan fingerprint density at radius 2 is 1.20 bits per heavy atom. The minimum atomic E-state index is -2.74. The minimum absolute atomic E-state index is 0.743. The summed E-state index contributed by atoms with van der Waals surface area (Å²) >= 11 is 6.89. The van der Waals surface area contributed by atoms with Crippen molar-refractivity contribution < 1.29 is 39.5 Å². The minimum Gasteiger partial charge on any atom is -0.494 e. The molecule has 0 aromatic heterocycles. The molecule has 0 unspecified atom stereocenters. The van der Waals surface area contributed by atoms with Crippen LogP contribution in [0, 0.1) is 0 Å². The quantitative estimate of drug-likeness (QED) is 0.110. The van der Waals surface area contributed by atoms with Crippen molar-refractivity contribution in [2.24, 2.45) is 0 Å². The smallest absolute Gasteiger partial charge is 0.336 e. The molecule has 0 bridgehead atoms. The van der Waals surface area contributed by atoms with Crippen LogP contribution in [0.3, 0.4) is 0 Å². The maximum atomic E-state index is 10.3. The number of benzene rings is 3. The van der Waals surface area contributed by atoms with Crippen molar-refractivity contribution in [3.05, 3.63) is 102 Å². The molecule has 3 aromatic carbocycles. The molecule has 0 atom stereocenters. The summed E-state index contributed by atoms with van der Waals surface area (Å²) in [6, 6.07) is 28.7. The van der Waals surface area contributed by atoms with Gasteiger partial charge in [0.25, 0.3) is 0 Å². The lowest BCUT2D eigenvalue weighted by Gasteiger charge is -2.18. The van der Waals surface area contributed by atoms with Crippen LogP contribution in [-0.4, -0.2) is 75.1 Å². The van der Waals surface area contributed by atoms with Crippen LogP contribution in [0.25, 0.3) is 10.6 Å². The van der Waals surface area contributed by atoms with Crippen LogP contribution in [0.5, 0.6) is 5.75 Å². The van der Waals surface area contributed by atoms with E-state index in [0.717, 1.165) is 72.1 Å². The fourth-order valence-corrected chi connectivity index (χ4v) is 4.70. The number of ether oxygens (including phenoxy) is 1. The zero-order chi connectivity index (χ0) is 32.5. The second-order valence-electron chi connectivity index (χ2n) is 10.0. The Balaban J connectivity index is 0.000000439. The Morgan fingerprint density at radius 1 is 0.727 bits per heavy atom. The second-order valence-corrected chi connectivity index (χ2v) is 10.4. The van der Waals surface area contributed by atoms with Crippen LogP contribution in [0.15, 0.2) is 84.9 Å². The average molecular weight is 626 g/mol. The van der Waals surface area contributed by atoms with Gasteiger partial charge < -0.3 is 30.1 Å². The van der Waals surface area contributed by atoms with Gasteiger partial charge in [0.05, 0.1) is 24.5 Å². The number of nitrogens with zero attached hydrogens (tertiary/aromatic N) is 1. The predicted octanol–water partition coefficient (Wildman–Crippen LogP) is 6.09. The third-order valence-corrected chi connectivity index (χ3v) is 7.18. The Hall–Kier alpha value is -4.18. The first-order chi connectivity index (χ1) is 21.0. The molecule has 9 nitrogen and oxygen atoms in total. The molecular weight excluding hydrogens is 586 g/mol. The van der Waals surface area contributed by atoms with E-state index in [9.17, 15) is 14.4 Å². The van der Waals surface area contributed by atoms with Gasteiger partial charge in [-0.15, -0.1) is 0 Å². The normalized spacial score (nSPS) is 11.7. The highest BCUT2D eigenvalue weighted by Crippen LogP contribution is 2.35. The van der Waals surface area contributed by atoms with E-state index in [1.807, 2.05) is 60.7 Å². The van der Waals surface area contributed by atoms with E-state index in [1.54, 1.807) is 0 Å². The van der Waals surface area contributed by atoms with Gasteiger partial charge in [0.15, 0.2) is 5.60 Å². The van der Waals surface area contributed by atoms with Crippen LogP contribution < -0.4 is 4.74 Å². The third-order valence-electron chi connectivity index (χ3n) is 6.77. The van der Waals surface area contributed by atoms with E-state index in [-0.39, 0.29) is 0 Å². The van der Waals surface area contributed by atoms with Gasteiger partial charge in [0.1, 0.15) is 5.75 Å². The zero-order valence-electron chi connectivity index (χ0n) is 25.0. The van der Waals surface area contributed by atoms with E-state index in [0.29, 0.717) is 0 Å². The monoisotopic (exact) mass is 625 g/mol. The number of aliphatic hydroxyl groups is 1. The van der Waals surface area contributed by atoms with Gasteiger partial charge in [-0.1, -0.05) is 98.2 Å². The van der Waals surface area contributed by atoms with Crippen molar-refractivity contribution in [1.29, 1.82) is 0 Å². The molecule has 0 amide bonds. The van der Waals surface area contributed by atoms with Crippen LogP contribution in [-0.2, 0) is 14.4 Å². The summed E-state index contributed by atoms with van der Waals surface area (Å²) in [6.45, 7) is 8.53. The summed E-state index contributed by atoms with van der Waals surface area (Å²) < 4.78 is 5.97. The third kappa shape index (κ3) is 11.8. The number of hydrogen-bond acceptors (Lipinski definition) is 6. The average Bonchev–Trinajstić information content (AvgIpc) is 3.00. The van der Waals surface area contributed by atoms with Gasteiger partial charge in [0, 0.05) is 5.57 Å². The summed E-state index contributed by atoms with van der Waals surface area (Å²) in [5.41, 5.74) is 1.48. The van der Waals surface area contributed by atoms with E-state index in [2.05, 4.69) is 43.0 Å². The molecule has 3 aromatic rings. The molecule has 0 aliphatic carbocycles.